The Labute approximate surface area is 156 Å². The molecule has 144 valence electrons. The maximum atomic E-state index is 11.9. The van der Waals surface area contributed by atoms with Crippen LogP contribution < -0.4 is 10.6 Å². The van der Waals surface area contributed by atoms with Gasteiger partial charge in [0.15, 0.2) is 0 Å². The molecule has 0 unspecified atom stereocenters. The molecule has 0 aliphatic carbocycles. The summed E-state index contributed by atoms with van der Waals surface area (Å²) < 4.78 is 5.30. The molecular weight excluding hydrogens is 330 g/mol. The zero-order valence-electron chi connectivity index (χ0n) is 16.3. The fraction of sp³-hybridized carbons (Fsp3) is 0.600. The van der Waals surface area contributed by atoms with E-state index in [4.69, 9.17) is 4.74 Å². The first-order chi connectivity index (χ1) is 12.2. The van der Waals surface area contributed by atoms with E-state index >= 15 is 0 Å². The number of nitrogens with zero attached hydrogens (tertiary/aromatic N) is 1. The van der Waals surface area contributed by atoms with Crippen LogP contribution in [0.5, 0.6) is 0 Å². The highest BCUT2D eigenvalue weighted by atomic mass is 16.6. The molecule has 2 amide bonds. The topological polar surface area (TPSA) is 70.7 Å². The molecule has 1 aromatic carbocycles. The number of ether oxygens (including phenoxy) is 1. The minimum Gasteiger partial charge on any atom is -0.444 e. The van der Waals surface area contributed by atoms with Gasteiger partial charge in [-0.1, -0.05) is 12.1 Å². The highest BCUT2D eigenvalue weighted by Gasteiger charge is 2.20. The monoisotopic (exact) mass is 361 g/mol. The van der Waals surface area contributed by atoms with Gasteiger partial charge < -0.3 is 10.1 Å². The summed E-state index contributed by atoms with van der Waals surface area (Å²) in [6.45, 7) is 10.7. The maximum absolute atomic E-state index is 11.9. The normalized spacial score (nSPS) is 18.2. The Morgan fingerprint density at radius 1 is 1.31 bits per heavy atom. The fourth-order valence-electron chi connectivity index (χ4n) is 3.18. The molecule has 0 bridgehead atoms. The van der Waals surface area contributed by atoms with Crippen molar-refractivity contribution in [2.75, 3.05) is 25.0 Å². The van der Waals surface area contributed by atoms with Crippen molar-refractivity contribution in [2.45, 2.75) is 52.7 Å². The Hall–Kier alpha value is -2.08. The lowest BCUT2D eigenvalue weighted by Gasteiger charge is -2.32. The molecule has 0 aromatic heterocycles. The molecule has 2 rings (SSSR count). The van der Waals surface area contributed by atoms with Gasteiger partial charge in [0, 0.05) is 32.2 Å². The number of nitrogens with one attached hydrogen (secondary N) is 2. The van der Waals surface area contributed by atoms with Gasteiger partial charge in [0.05, 0.1) is 0 Å². The summed E-state index contributed by atoms with van der Waals surface area (Å²) >= 11 is 0. The van der Waals surface area contributed by atoms with Gasteiger partial charge in [-0.15, -0.1) is 0 Å². The van der Waals surface area contributed by atoms with Crippen LogP contribution in [0.15, 0.2) is 24.3 Å². The molecule has 26 heavy (non-hydrogen) atoms. The number of likely N-dealkylation sites (tertiary alicyclic amines) is 1. The van der Waals surface area contributed by atoms with Gasteiger partial charge in [-0.3, -0.25) is 15.0 Å². The Balaban J connectivity index is 1.89. The van der Waals surface area contributed by atoms with Crippen LogP contribution in [0, 0.1) is 5.92 Å². The largest absolute Gasteiger partial charge is 0.444 e. The predicted molar refractivity (Wildman–Crippen MR) is 103 cm³/mol. The number of anilines is 1. The van der Waals surface area contributed by atoms with Crippen LogP contribution in [0.25, 0.3) is 0 Å². The zero-order valence-corrected chi connectivity index (χ0v) is 16.3. The van der Waals surface area contributed by atoms with Crippen LogP contribution in [0.2, 0.25) is 0 Å². The van der Waals surface area contributed by atoms with E-state index in [1.165, 1.54) is 0 Å². The third-order valence-electron chi connectivity index (χ3n) is 4.22. The smallest absolute Gasteiger partial charge is 0.412 e. The second kappa shape index (κ2) is 9.03. The second-order valence-corrected chi connectivity index (χ2v) is 8.01. The van der Waals surface area contributed by atoms with E-state index in [9.17, 15) is 9.59 Å². The number of hydrogen-bond donors (Lipinski definition) is 2. The quantitative estimate of drug-likeness (QED) is 0.843. The van der Waals surface area contributed by atoms with Gasteiger partial charge in [0.25, 0.3) is 0 Å². The summed E-state index contributed by atoms with van der Waals surface area (Å²) in [5.41, 5.74) is 1.38. The van der Waals surface area contributed by atoms with Gasteiger partial charge in [-0.05, 0) is 63.8 Å². The number of benzene rings is 1. The molecule has 1 heterocycles. The van der Waals surface area contributed by atoms with Crippen molar-refractivity contribution >= 4 is 17.7 Å². The highest BCUT2D eigenvalue weighted by Crippen LogP contribution is 2.20. The lowest BCUT2D eigenvalue weighted by atomic mass is 9.97. The molecule has 1 aromatic rings. The van der Waals surface area contributed by atoms with Gasteiger partial charge in [-0.25, -0.2) is 4.79 Å². The van der Waals surface area contributed by atoms with Crippen molar-refractivity contribution in [3.05, 3.63) is 29.8 Å². The Kier molecular flexibility index (Phi) is 7.03. The molecule has 6 heteroatoms. The van der Waals surface area contributed by atoms with Crippen LogP contribution in [-0.4, -0.2) is 42.1 Å². The molecule has 1 aliphatic rings. The molecule has 2 N–H and O–H groups in total. The fourth-order valence-corrected chi connectivity index (χ4v) is 3.18. The first-order valence-electron chi connectivity index (χ1n) is 9.27. The molecule has 1 atom stereocenters. The lowest BCUT2D eigenvalue weighted by molar-refractivity contribution is -0.119. The highest BCUT2D eigenvalue weighted by molar-refractivity contribution is 5.84. The van der Waals surface area contributed by atoms with Crippen LogP contribution in [0.1, 0.15) is 46.1 Å². The number of rotatable bonds is 5. The SMILES string of the molecule is CC(=O)NC[C@H]1CCCN(Cc2cccc(NC(=O)OC(C)(C)C)c2)C1. The van der Waals surface area contributed by atoms with Crippen LogP contribution >= 0.6 is 0 Å². The van der Waals surface area contributed by atoms with Crippen molar-refractivity contribution in [1.82, 2.24) is 10.2 Å². The van der Waals surface area contributed by atoms with Crippen LogP contribution in [0.3, 0.4) is 0 Å². The molecule has 1 saturated heterocycles. The summed E-state index contributed by atoms with van der Waals surface area (Å²) in [5, 5.41) is 5.71. The number of amides is 2. The predicted octanol–water partition coefficient (Wildman–Crippen LogP) is 3.38. The van der Waals surface area contributed by atoms with Crippen molar-refractivity contribution in [3.63, 3.8) is 0 Å². The van der Waals surface area contributed by atoms with Gasteiger partial charge in [-0.2, -0.15) is 0 Å². The van der Waals surface area contributed by atoms with E-state index in [0.717, 1.165) is 50.3 Å². The van der Waals surface area contributed by atoms with E-state index in [-0.39, 0.29) is 5.91 Å². The molecule has 1 aliphatic heterocycles. The molecule has 6 nitrogen and oxygen atoms in total. The standard InChI is InChI=1S/C20H31N3O3/c1-15(24)21-12-17-8-6-10-23(14-17)13-16-7-5-9-18(11-16)22-19(25)26-20(2,3)4/h5,7,9,11,17H,6,8,10,12-14H2,1-4H3,(H,21,24)(H,22,25)/t17-/m1/s1. The summed E-state index contributed by atoms with van der Waals surface area (Å²) in [5.74, 6) is 0.527. The Morgan fingerprint density at radius 3 is 2.77 bits per heavy atom. The van der Waals surface area contributed by atoms with Crippen LogP contribution in [0.4, 0.5) is 10.5 Å². The minimum atomic E-state index is -0.515. The number of piperidine rings is 1. The average Bonchev–Trinajstić information content (AvgIpc) is 2.51. The molecule has 0 spiro atoms. The maximum Gasteiger partial charge on any atom is 0.412 e. The van der Waals surface area contributed by atoms with E-state index in [1.54, 1.807) is 6.92 Å². The number of carbonyl (C=O) groups excluding carboxylic acids is 2. The van der Waals surface area contributed by atoms with E-state index in [0.29, 0.717) is 5.92 Å². The van der Waals surface area contributed by atoms with E-state index < -0.39 is 11.7 Å². The first-order valence-corrected chi connectivity index (χ1v) is 9.27. The summed E-state index contributed by atoms with van der Waals surface area (Å²) in [4.78, 5) is 25.4. The van der Waals surface area contributed by atoms with E-state index in [1.807, 2.05) is 39.0 Å². The number of hydrogen-bond acceptors (Lipinski definition) is 4. The van der Waals surface area contributed by atoms with Crippen molar-refractivity contribution in [3.8, 4) is 0 Å². The summed E-state index contributed by atoms with van der Waals surface area (Å²) in [6, 6.07) is 7.86. The van der Waals surface area contributed by atoms with Crippen molar-refractivity contribution in [1.29, 1.82) is 0 Å². The molecular formula is C20H31N3O3. The molecule has 1 fully saturated rings. The third kappa shape index (κ3) is 7.44. The third-order valence-corrected chi connectivity index (χ3v) is 4.22. The second-order valence-electron chi connectivity index (χ2n) is 8.01. The summed E-state index contributed by atoms with van der Waals surface area (Å²) in [7, 11) is 0. The first kappa shape index (κ1) is 20.2. The van der Waals surface area contributed by atoms with Crippen molar-refractivity contribution < 1.29 is 14.3 Å². The number of carbonyl (C=O) groups is 2. The van der Waals surface area contributed by atoms with Gasteiger partial charge in [0.1, 0.15) is 5.60 Å². The van der Waals surface area contributed by atoms with Gasteiger partial charge >= 0.3 is 6.09 Å². The van der Waals surface area contributed by atoms with Gasteiger partial charge in [0.2, 0.25) is 5.91 Å². The van der Waals surface area contributed by atoms with E-state index in [2.05, 4.69) is 21.6 Å². The minimum absolute atomic E-state index is 0.0306. The van der Waals surface area contributed by atoms with Crippen molar-refractivity contribution in [2.24, 2.45) is 5.92 Å². The Morgan fingerprint density at radius 2 is 2.08 bits per heavy atom. The lowest BCUT2D eigenvalue weighted by Crippen LogP contribution is -2.40. The average molecular weight is 361 g/mol. The molecule has 0 saturated carbocycles. The Bertz CT molecular complexity index is 625. The zero-order chi connectivity index (χ0) is 19.2. The molecule has 0 radical (unpaired) electrons. The summed E-state index contributed by atoms with van der Waals surface area (Å²) in [6.07, 6.45) is 1.85. The van der Waals surface area contributed by atoms with Crippen LogP contribution in [-0.2, 0) is 16.1 Å².